The summed E-state index contributed by atoms with van der Waals surface area (Å²) in [4.78, 5) is 22.3. The minimum absolute atomic E-state index is 0.0692. The van der Waals surface area contributed by atoms with Gasteiger partial charge >= 0.3 is 11.7 Å². The van der Waals surface area contributed by atoms with Crippen molar-refractivity contribution in [1.29, 1.82) is 0 Å². The molecule has 0 aromatic heterocycles. The first kappa shape index (κ1) is 16.9. The van der Waals surface area contributed by atoms with Crippen LogP contribution in [-0.2, 0) is 16.1 Å². The van der Waals surface area contributed by atoms with Gasteiger partial charge in [0, 0.05) is 12.6 Å². The summed E-state index contributed by atoms with van der Waals surface area (Å²) in [5, 5.41) is 14.1. The van der Waals surface area contributed by atoms with Crippen LogP contribution in [0.5, 0.6) is 5.75 Å². The van der Waals surface area contributed by atoms with E-state index in [4.69, 9.17) is 9.47 Å². The number of nitrogens with one attached hydrogen (secondary N) is 1. The molecule has 0 saturated carbocycles. The molecule has 0 aliphatic heterocycles. The minimum atomic E-state index is -0.848. The van der Waals surface area contributed by atoms with E-state index in [9.17, 15) is 14.9 Å². The number of carbonyl (C=O) groups is 1. The highest BCUT2D eigenvalue weighted by Crippen LogP contribution is 2.29. The number of nitro benzene ring substituents is 1. The minimum Gasteiger partial charge on any atom is -0.472 e. The molecular weight excluding hydrogens is 276 g/mol. The van der Waals surface area contributed by atoms with Gasteiger partial charge in [-0.05, 0) is 32.0 Å². The molecular formula is C14H20N2O5. The van der Waals surface area contributed by atoms with Crippen molar-refractivity contribution in [1.82, 2.24) is 5.32 Å². The van der Waals surface area contributed by atoms with Crippen molar-refractivity contribution in [3.8, 4) is 5.75 Å². The second-order valence-corrected chi connectivity index (χ2v) is 4.36. The second kappa shape index (κ2) is 8.21. The number of ether oxygens (including phenoxy) is 2. The van der Waals surface area contributed by atoms with Gasteiger partial charge in [-0.3, -0.25) is 10.1 Å². The van der Waals surface area contributed by atoms with E-state index in [2.05, 4.69) is 5.32 Å². The lowest BCUT2D eigenvalue weighted by atomic mass is 10.2. The molecule has 1 unspecified atom stereocenters. The van der Waals surface area contributed by atoms with Crippen LogP contribution in [0.25, 0.3) is 0 Å². The van der Waals surface area contributed by atoms with Gasteiger partial charge in [-0.15, -0.1) is 0 Å². The summed E-state index contributed by atoms with van der Waals surface area (Å²) in [6.45, 7) is 4.19. The molecule has 21 heavy (non-hydrogen) atoms. The maximum Gasteiger partial charge on any atom is 0.347 e. The highest BCUT2D eigenvalue weighted by Gasteiger charge is 2.24. The molecule has 1 rings (SSSR count). The average molecular weight is 296 g/mol. The van der Waals surface area contributed by atoms with Crippen LogP contribution in [0.4, 0.5) is 5.69 Å². The van der Waals surface area contributed by atoms with E-state index in [1.54, 1.807) is 27.0 Å². The molecule has 1 aromatic rings. The Hall–Kier alpha value is -2.15. The molecule has 0 aliphatic rings. The molecule has 7 heteroatoms. The lowest BCUT2D eigenvalue weighted by Crippen LogP contribution is -2.29. The largest absolute Gasteiger partial charge is 0.472 e. The SMILES string of the molecule is CCOC(=O)C(CC)Oc1ccc(CNC)cc1[N+](=O)[O-]. The molecule has 1 N–H and O–H groups in total. The van der Waals surface area contributed by atoms with Crippen LogP contribution in [0.2, 0.25) is 0 Å². The summed E-state index contributed by atoms with van der Waals surface area (Å²) >= 11 is 0. The van der Waals surface area contributed by atoms with Gasteiger partial charge in [0.15, 0.2) is 11.9 Å². The fourth-order valence-corrected chi connectivity index (χ4v) is 1.81. The first-order valence-corrected chi connectivity index (χ1v) is 6.78. The fraction of sp³-hybridized carbons (Fsp3) is 0.500. The zero-order valence-corrected chi connectivity index (χ0v) is 12.4. The van der Waals surface area contributed by atoms with Gasteiger partial charge in [-0.2, -0.15) is 0 Å². The standard InChI is InChI=1S/C14H20N2O5/c1-4-12(14(17)20-5-2)21-13-7-6-10(9-15-3)8-11(13)16(18)19/h6-8,12,15H,4-5,9H2,1-3H3. The maximum atomic E-state index is 11.7. The normalized spacial score (nSPS) is 11.8. The number of benzene rings is 1. The van der Waals surface area contributed by atoms with Crippen molar-refractivity contribution in [2.24, 2.45) is 0 Å². The molecule has 0 spiro atoms. The van der Waals surface area contributed by atoms with Gasteiger partial charge in [-0.25, -0.2) is 4.79 Å². The first-order chi connectivity index (χ1) is 10.0. The predicted molar refractivity (Wildman–Crippen MR) is 77.2 cm³/mol. The monoisotopic (exact) mass is 296 g/mol. The summed E-state index contributed by atoms with van der Waals surface area (Å²) < 4.78 is 10.4. The zero-order valence-electron chi connectivity index (χ0n) is 12.4. The summed E-state index contributed by atoms with van der Waals surface area (Å²) in [7, 11) is 1.75. The van der Waals surface area contributed by atoms with Crippen LogP contribution in [0.15, 0.2) is 18.2 Å². The lowest BCUT2D eigenvalue weighted by molar-refractivity contribution is -0.386. The Morgan fingerprint density at radius 2 is 2.14 bits per heavy atom. The Bertz CT molecular complexity index is 504. The number of hydrogen-bond acceptors (Lipinski definition) is 6. The van der Waals surface area contributed by atoms with Crippen LogP contribution in [0.1, 0.15) is 25.8 Å². The number of hydrogen-bond donors (Lipinski definition) is 1. The summed E-state index contributed by atoms with van der Waals surface area (Å²) in [6.07, 6.45) is -0.479. The highest BCUT2D eigenvalue weighted by molar-refractivity contribution is 5.75. The van der Waals surface area contributed by atoms with Crippen molar-refractivity contribution in [2.45, 2.75) is 32.9 Å². The Balaban J connectivity index is 3.00. The third kappa shape index (κ3) is 4.71. The van der Waals surface area contributed by atoms with Crippen LogP contribution >= 0.6 is 0 Å². The smallest absolute Gasteiger partial charge is 0.347 e. The van der Waals surface area contributed by atoms with E-state index >= 15 is 0 Å². The van der Waals surface area contributed by atoms with Crippen molar-refractivity contribution >= 4 is 11.7 Å². The Kier molecular flexibility index (Phi) is 6.61. The van der Waals surface area contributed by atoms with Gasteiger partial charge in [0.1, 0.15) is 0 Å². The van der Waals surface area contributed by atoms with Crippen molar-refractivity contribution in [3.05, 3.63) is 33.9 Å². The molecule has 0 fully saturated rings. The van der Waals surface area contributed by atoms with E-state index in [1.165, 1.54) is 12.1 Å². The topological polar surface area (TPSA) is 90.7 Å². The van der Waals surface area contributed by atoms with Gasteiger partial charge in [-0.1, -0.05) is 13.0 Å². The van der Waals surface area contributed by atoms with E-state index < -0.39 is 17.0 Å². The number of esters is 1. The molecule has 0 amide bonds. The summed E-state index contributed by atoms with van der Waals surface area (Å²) in [5.41, 5.74) is 0.603. The van der Waals surface area contributed by atoms with Crippen molar-refractivity contribution in [3.63, 3.8) is 0 Å². The Labute approximate surface area is 123 Å². The van der Waals surface area contributed by atoms with Gasteiger partial charge < -0.3 is 14.8 Å². The fourth-order valence-electron chi connectivity index (χ4n) is 1.81. The number of nitrogens with zero attached hydrogens (tertiary/aromatic N) is 1. The number of carbonyl (C=O) groups excluding carboxylic acids is 1. The third-order valence-corrected chi connectivity index (χ3v) is 2.79. The summed E-state index contributed by atoms with van der Waals surface area (Å²) in [6, 6.07) is 4.66. The highest BCUT2D eigenvalue weighted by atomic mass is 16.6. The van der Waals surface area contributed by atoms with E-state index in [1.807, 2.05) is 0 Å². The zero-order chi connectivity index (χ0) is 15.8. The predicted octanol–water partition coefficient (Wildman–Crippen LogP) is 2.03. The molecule has 0 heterocycles. The van der Waals surface area contributed by atoms with E-state index in [0.29, 0.717) is 13.0 Å². The van der Waals surface area contributed by atoms with Crippen LogP contribution < -0.4 is 10.1 Å². The third-order valence-electron chi connectivity index (χ3n) is 2.79. The summed E-state index contributed by atoms with van der Waals surface area (Å²) in [5.74, 6) is -0.451. The molecule has 0 bridgehead atoms. The molecule has 0 radical (unpaired) electrons. The van der Waals surface area contributed by atoms with Crippen LogP contribution in [0, 0.1) is 10.1 Å². The average Bonchev–Trinajstić information content (AvgIpc) is 2.46. The molecule has 1 atom stereocenters. The molecule has 7 nitrogen and oxygen atoms in total. The maximum absolute atomic E-state index is 11.7. The molecule has 116 valence electrons. The number of nitro groups is 1. The van der Waals surface area contributed by atoms with E-state index in [0.717, 1.165) is 5.56 Å². The van der Waals surface area contributed by atoms with Gasteiger partial charge in [0.25, 0.3) is 0 Å². The first-order valence-electron chi connectivity index (χ1n) is 6.78. The molecule has 1 aromatic carbocycles. The van der Waals surface area contributed by atoms with E-state index in [-0.39, 0.29) is 18.0 Å². The quantitative estimate of drug-likeness (QED) is 0.448. The molecule has 0 saturated heterocycles. The van der Waals surface area contributed by atoms with Gasteiger partial charge in [0.2, 0.25) is 0 Å². The van der Waals surface area contributed by atoms with Crippen LogP contribution in [0.3, 0.4) is 0 Å². The second-order valence-electron chi connectivity index (χ2n) is 4.36. The Morgan fingerprint density at radius 1 is 1.43 bits per heavy atom. The molecule has 0 aliphatic carbocycles. The van der Waals surface area contributed by atoms with Crippen LogP contribution in [-0.4, -0.2) is 30.7 Å². The number of rotatable bonds is 8. The van der Waals surface area contributed by atoms with Crippen molar-refractivity contribution < 1.29 is 19.2 Å². The lowest BCUT2D eigenvalue weighted by Gasteiger charge is -2.16. The van der Waals surface area contributed by atoms with Gasteiger partial charge in [0.05, 0.1) is 11.5 Å². The Morgan fingerprint density at radius 3 is 2.67 bits per heavy atom. The van der Waals surface area contributed by atoms with Crippen molar-refractivity contribution in [2.75, 3.05) is 13.7 Å².